The molecule has 1 atom stereocenters. The van der Waals surface area contributed by atoms with Crippen LogP contribution in [0.3, 0.4) is 0 Å². The standard InChI is InChI=1S/C22H18FN7O3S/c1-29-27-20(26-28-29)18-7-4-13(10-24-18)16-6-5-14(9-17(16)23)30-12-15(33-22(30)32)11-25-21(31)19-3-2-8-34-19/h2-10,15H,11-12H2,1H3,(H,25,31)/t15-/m0/s1. The maximum Gasteiger partial charge on any atom is 0.414 e. The molecule has 12 heteroatoms. The van der Waals surface area contributed by atoms with Crippen molar-refractivity contribution in [2.45, 2.75) is 6.10 Å². The lowest BCUT2D eigenvalue weighted by Gasteiger charge is -2.14. The largest absolute Gasteiger partial charge is 0.442 e. The Morgan fingerprint density at radius 1 is 1.29 bits per heavy atom. The third kappa shape index (κ3) is 4.35. The number of rotatable bonds is 6. The lowest BCUT2D eigenvalue weighted by Crippen LogP contribution is -2.34. The predicted molar refractivity (Wildman–Crippen MR) is 122 cm³/mol. The van der Waals surface area contributed by atoms with Crippen LogP contribution in [0, 0.1) is 5.82 Å². The Bertz CT molecular complexity index is 1340. The normalized spacial score (nSPS) is 15.4. The lowest BCUT2D eigenvalue weighted by molar-refractivity contribution is 0.0920. The van der Waals surface area contributed by atoms with Crippen molar-refractivity contribution < 1.29 is 18.7 Å². The van der Waals surface area contributed by atoms with Gasteiger partial charge < -0.3 is 10.1 Å². The number of halogens is 1. The molecule has 5 rings (SSSR count). The van der Waals surface area contributed by atoms with E-state index in [1.165, 1.54) is 33.3 Å². The van der Waals surface area contributed by atoms with Gasteiger partial charge in [0, 0.05) is 17.3 Å². The van der Waals surface area contributed by atoms with Gasteiger partial charge in [-0.1, -0.05) is 12.1 Å². The number of thiophene rings is 1. The summed E-state index contributed by atoms with van der Waals surface area (Å²) in [5.74, 6) is -0.361. The van der Waals surface area contributed by atoms with E-state index in [-0.39, 0.29) is 19.0 Å². The van der Waals surface area contributed by atoms with Crippen molar-refractivity contribution in [3.63, 3.8) is 0 Å². The van der Waals surface area contributed by atoms with Crippen LogP contribution in [0.2, 0.25) is 0 Å². The lowest BCUT2D eigenvalue weighted by atomic mass is 10.1. The fourth-order valence-corrected chi connectivity index (χ4v) is 4.16. The zero-order valence-corrected chi connectivity index (χ0v) is 18.7. The van der Waals surface area contributed by atoms with Crippen molar-refractivity contribution in [2.24, 2.45) is 7.05 Å². The summed E-state index contributed by atoms with van der Waals surface area (Å²) in [6.07, 6.45) is 0.399. The first-order valence-corrected chi connectivity index (χ1v) is 11.2. The van der Waals surface area contributed by atoms with Gasteiger partial charge in [0.2, 0.25) is 5.82 Å². The average Bonchev–Trinajstić information content (AvgIpc) is 3.59. The summed E-state index contributed by atoms with van der Waals surface area (Å²) >= 11 is 1.33. The van der Waals surface area contributed by atoms with Gasteiger partial charge in [-0.05, 0) is 40.9 Å². The molecule has 1 aliphatic heterocycles. The van der Waals surface area contributed by atoms with Crippen molar-refractivity contribution in [3.05, 3.63) is 64.7 Å². The van der Waals surface area contributed by atoms with Crippen LogP contribution < -0.4 is 10.2 Å². The zero-order valence-electron chi connectivity index (χ0n) is 17.9. The molecule has 0 spiro atoms. The Hall–Kier alpha value is -4.19. The summed E-state index contributed by atoms with van der Waals surface area (Å²) in [5.41, 5.74) is 1.79. The summed E-state index contributed by atoms with van der Waals surface area (Å²) in [6, 6.07) is 11.4. The van der Waals surface area contributed by atoms with E-state index in [9.17, 15) is 14.0 Å². The predicted octanol–water partition coefficient (Wildman–Crippen LogP) is 2.89. The van der Waals surface area contributed by atoms with E-state index in [0.717, 1.165) is 0 Å². The van der Waals surface area contributed by atoms with Crippen molar-refractivity contribution >= 4 is 29.0 Å². The van der Waals surface area contributed by atoms with Gasteiger partial charge in [0.15, 0.2) is 0 Å². The molecule has 1 fully saturated rings. The van der Waals surface area contributed by atoms with E-state index in [0.29, 0.717) is 33.2 Å². The highest BCUT2D eigenvalue weighted by molar-refractivity contribution is 7.12. The van der Waals surface area contributed by atoms with Crippen molar-refractivity contribution in [2.75, 3.05) is 18.0 Å². The van der Waals surface area contributed by atoms with Crippen LogP contribution in [0.15, 0.2) is 54.0 Å². The molecule has 34 heavy (non-hydrogen) atoms. The number of ether oxygens (including phenoxy) is 1. The SMILES string of the molecule is Cn1nnc(-c2ccc(-c3ccc(N4C[C@H](CNC(=O)c5cccs5)OC4=O)cc3F)cn2)n1. The van der Waals surface area contributed by atoms with Crippen molar-refractivity contribution in [1.29, 1.82) is 0 Å². The number of carbonyl (C=O) groups excluding carboxylic acids is 2. The van der Waals surface area contributed by atoms with Crippen LogP contribution in [0.5, 0.6) is 0 Å². The molecule has 172 valence electrons. The smallest absolute Gasteiger partial charge is 0.414 e. The van der Waals surface area contributed by atoms with E-state index in [4.69, 9.17) is 4.74 Å². The summed E-state index contributed by atoms with van der Waals surface area (Å²) in [7, 11) is 1.65. The summed E-state index contributed by atoms with van der Waals surface area (Å²) < 4.78 is 20.3. The number of amides is 2. The average molecular weight is 479 g/mol. The quantitative estimate of drug-likeness (QED) is 0.452. The second-order valence-corrected chi connectivity index (χ2v) is 8.45. The van der Waals surface area contributed by atoms with Crippen molar-refractivity contribution in [3.8, 4) is 22.6 Å². The minimum atomic E-state index is -0.593. The Morgan fingerprint density at radius 3 is 2.85 bits per heavy atom. The number of anilines is 1. The summed E-state index contributed by atoms with van der Waals surface area (Å²) in [6.45, 7) is 0.363. The number of aryl methyl sites for hydroxylation is 1. The van der Waals surface area contributed by atoms with E-state index in [1.54, 1.807) is 43.4 Å². The van der Waals surface area contributed by atoms with E-state index >= 15 is 0 Å². The highest BCUT2D eigenvalue weighted by atomic mass is 32.1. The van der Waals surface area contributed by atoms with Gasteiger partial charge >= 0.3 is 6.09 Å². The van der Waals surface area contributed by atoms with Gasteiger partial charge in [0.1, 0.15) is 17.6 Å². The van der Waals surface area contributed by atoms with Gasteiger partial charge in [-0.2, -0.15) is 4.80 Å². The molecule has 0 saturated carbocycles. The maximum atomic E-state index is 15.0. The summed E-state index contributed by atoms with van der Waals surface area (Å²) in [5, 5.41) is 16.3. The molecule has 3 aromatic heterocycles. The third-order valence-corrected chi connectivity index (χ3v) is 6.05. The number of nitrogens with zero attached hydrogens (tertiary/aromatic N) is 6. The van der Waals surface area contributed by atoms with Gasteiger partial charge in [0.25, 0.3) is 5.91 Å². The molecule has 10 nitrogen and oxygen atoms in total. The number of carbonyl (C=O) groups is 2. The Kier molecular flexibility index (Phi) is 5.72. The van der Waals surface area contributed by atoms with E-state index < -0.39 is 18.0 Å². The number of hydrogen-bond donors (Lipinski definition) is 1. The Labute approximate surface area is 197 Å². The number of aromatic nitrogens is 5. The van der Waals surface area contributed by atoms with Crippen LogP contribution in [0.4, 0.5) is 14.9 Å². The maximum absolute atomic E-state index is 15.0. The Morgan fingerprint density at radius 2 is 2.18 bits per heavy atom. The molecule has 4 heterocycles. The summed E-state index contributed by atoms with van der Waals surface area (Å²) in [4.78, 5) is 32.0. The number of nitrogens with one attached hydrogen (secondary N) is 1. The molecule has 0 aliphatic carbocycles. The van der Waals surface area contributed by atoms with E-state index in [1.807, 2.05) is 5.38 Å². The van der Waals surface area contributed by atoms with Gasteiger partial charge in [-0.3, -0.25) is 14.7 Å². The topological polar surface area (TPSA) is 115 Å². The van der Waals surface area contributed by atoms with Crippen LogP contribution >= 0.6 is 11.3 Å². The molecule has 1 aliphatic rings. The molecule has 2 amide bonds. The van der Waals surface area contributed by atoms with Gasteiger partial charge in [-0.25, -0.2) is 9.18 Å². The minimum absolute atomic E-state index is 0.165. The molecular weight excluding hydrogens is 461 g/mol. The van der Waals surface area contributed by atoms with Crippen LogP contribution in [-0.4, -0.2) is 56.4 Å². The highest BCUT2D eigenvalue weighted by Gasteiger charge is 2.33. The zero-order chi connectivity index (χ0) is 23.7. The van der Waals surface area contributed by atoms with Crippen molar-refractivity contribution in [1.82, 2.24) is 30.5 Å². The van der Waals surface area contributed by atoms with Gasteiger partial charge in [-0.15, -0.1) is 21.5 Å². The molecule has 0 bridgehead atoms. The molecule has 0 unspecified atom stereocenters. The molecule has 1 N–H and O–H groups in total. The third-order valence-electron chi connectivity index (χ3n) is 5.19. The number of hydrogen-bond acceptors (Lipinski definition) is 8. The fourth-order valence-electron chi connectivity index (χ4n) is 3.52. The number of pyridine rings is 1. The molecule has 0 radical (unpaired) electrons. The van der Waals surface area contributed by atoms with Crippen LogP contribution in [0.1, 0.15) is 9.67 Å². The minimum Gasteiger partial charge on any atom is -0.442 e. The molecular formula is C22H18FN7O3S. The van der Waals surface area contributed by atoms with Gasteiger partial charge in [0.05, 0.1) is 30.7 Å². The van der Waals surface area contributed by atoms with Crippen LogP contribution in [-0.2, 0) is 11.8 Å². The molecule has 1 aromatic carbocycles. The fraction of sp³-hybridized carbons (Fsp3) is 0.182. The number of cyclic esters (lactones) is 1. The number of tetrazole rings is 1. The molecule has 1 saturated heterocycles. The monoisotopic (exact) mass is 479 g/mol. The number of benzene rings is 1. The first-order chi connectivity index (χ1) is 16.5. The first kappa shape index (κ1) is 21.6. The second kappa shape index (κ2) is 8.98. The van der Waals surface area contributed by atoms with E-state index in [2.05, 4.69) is 25.7 Å². The highest BCUT2D eigenvalue weighted by Crippen LogP contribution is 2.29. The first-order valence-electron chi connectivity index (χ1n) is 10.3. The molecule has 4 aromatic rings. The van der Waals surface area contributed by atoms with Crippen LogP contribution in [0.25, 0.3) is 22.6 Å². The Balaban J connectivity index is 1.26. The second-order valence-electron chi connectivity index (χ2n) is 7.50.